The fraction of sp³-hybridized carbons (Fsp3) is 0.444. The van der Waals surface area contributed by atoms with Crippen molar-refractivity contribution in [3.63, 3.8) is 0 Å². The van der Waals surface area contributed by atoms with Gasteiger partial charge < -0.3 is 20.5 Å². The topological polar surface area (TPSA) is 86.5 Å². The molecule has 1 unspecified atom stereocenters. The van der Waals surface area contributed by atoms with Gasteiger partial charge in [-0.05, 0) is 31.0 Å². The number of nitrogens with one attached hydrogen (secondary N) is 1. The molecule has 2 rings (SSSR count). The van der Waals surface area contributed by atoms with Gasteiger partial charge in [-0.15, -0.1) is 23.7 Å². The third-order valence-corrected chi connectivity index (χ3v) is 4.62. The number of carbonyl (C=O) groups excluding carboxylic acids is 1. The Morgan fingerprint density at radius 2 is 2.15 bits per heavy atom. The average Bonchev–Trinajstić information content (AvgIpc) is 3.11. The van der Waals surface area contributed by atoms with Crippen LogP contribution < -0.4 is 20.5 Å². The molecule has 1 atom stereocenters. The summed E-state index contributed by atoms with van der Waals surface area (Å²) in [5.41, 5.74) is 6.86. The molecule has 2 aromatic rings. The van der Waals surface area contributed by atoms with Gasteiger partial charge in [0.2, 0.25) is 0 Å². The lowest BCUT2D eigenvalue weighted by Gasteiger charge is -2.17. The molecule has 0 fully saturated rings. The standard InChI is InChI=1S/C18H25N3O3S.ClH/c1-4-5-8-24-15-7-6-13(9-16(15)23-3)12(2)20-18(22)14-11-25-17(10-19)21-14;/h6-7,9,11-12H,4-5,8,10,19H2,1-3H3,(H,20,22);1H. The molecule has 0 saturated heterocycles. The first-order chi connectivity index (χ1) is 12.1. The van der Waals surface area contributed by atoms with Gasteiger partial charge >= 0.3 is 0 Å². The highest BCUT2D eigenvalue weighted by Gasteiger charge is 2.16. The van der Waals surface area contributed by atoms with E-state index in [0.29, 0.717) is 30.3 Å². The molecule has 0 bridgehead atoms. The highest BCUT2D eigenvalue weighted by atomic mass is 35.5. The smallest absolute Gasteiger partial charge is 0.271 e. The van der Waals surface area contributed by atoms with Crippen LogP contribution in [0, 0.1) is 0 Å². The van der Waals surface area contributed by atoms with E-state index < -0.39 is 0 Å². The minimum atomic E-state index is -0.217. The Labute approximate surface area is 164 Å². The van der Waals surface area contributed by atoms with Crippen molar-refractivity contribution in [2.24, 2.45) is 5.73 Å². The van der Waals surface area contributed by atoms with Crippen LogP contribution in [0.2, 0.25) is 0 Å². The van der Waals surface area contributed by atoms with Crippen LogP contribution in [0.25, 0.3) is 0 Å². The number of benzene rings is 1. The first kappa shape index (κ1) is 22.2. The van der Waals surface area contributed by atoms with Crippen molar-refractivity contribution >= 4 is 29.7 Å². The van der Waals surface area contributed by atoms with E-state index >= 15 is 0 Å². The van der Waals surface area contributed by atoms with Crippen molar-refractivity contribution in [1.82, 2.24) is 10.3 Å². The Morgan fingerprint density at radius 1 is 1.38 bits per heavy atom. The molecule has 0 saturated carbocycles. The lowest BCUT2D eigenvalue weighted by molar-refractivity contribution is 0.0935. The van der Waals surface area contributed by atoms with E-state index in [1.54, 1.807) is 12.5 Å². The van der Waals surface area contributed by atoms with Crippen LogP contribution in [0.3, 0.4) is 0 Å². The van der Waals surface area contributed by atoms with E-state index in [1.165, 1.54) is 11.3 Å². The largest absolute Gasteiger partial charge is 0.493 e. The number of nitrogens with zero attached hydrogens (tertiary/aromatic N) is 1. The molecule has 1 aromatic carbocycles. The van der Waals surface area contributed by atoms with Gasteiger partial charge in [-0.25, -0.2) is 4.98 Å². The quantitative estimate of drug-likeness (QED) is 0.628. The summed E-state index contributed by atoms with van der Waals surface area (Å²) in [5, 5.41) is 5.40. The van der Waals surface area contributed by atoms with E-state index in [-0.39, 0.29) is 24.4 Å². The predicted octanol–water partition coefficient (Wildman–Crippen LogP) is 3.70. The van der Waals surface area contributed by atoms with Crippen molar-refractivity contribution in [2.75, 3.05) is 13.7 Å². The molecule has 1 heterocycles. The molecular weight excluding hydrogens is 374 g/mol. The number of thiazole rings is 1. The summed E-state index contributed by atoms with van der Waals surface area (Å²) in [5.74, 6) is 1.16. The fourth-order valence-electron chi connectivity index (χ4n) is 2.26. The van der Waals surface area contributed by atoms with Crippen molar-refractivity contribution in [3.8, 4) is 11.5 Å². The molecule has 0 aliphatic carbocycles. The highest BCUT2D eigenvalue weighted by Crippen LogP contribution is 2.30. The maximum absolute atomic E-state index is 12.3. The molecular formula is C18H26ClN3O3S. The lowest BCUT2D eigenvalue weighted by atomic mass is 10.1. The Morgan fingerprint density at radius 3 is 2.77 bits per heavy atom. The average molecular weight is 400 g/mol. The fourth-order valence-corrected chi connectivity index (χ4v) is 2.92. The molecule has 0 radical (unpaired) electrons. The number of aromatic nitrogens is 1. The molecule has 6 nitrogen and oxygen atoms in total. The number of rotatable bonds is 9. The van der Waals surface area contributed by atoms with Crippen LogP contribution in [0.5, 0.6) is 11.5 Å². The van der Waals surface area contributed by atoms with Crippen molar-refractivity contribution < 1.29 is 14.3 Å². The van der Waals surface area contributed by atoms with Crippen LogP contribution in [-0.4, -0.2) is 24.6 Å². The molecule has 1 amide bonds. The van der Waals surface area contributed by atoms with Crippen LogP contribution in [0.1, 0.15) is 53.8 Å². The van der Waals surface area contributed by atoms with E-state index in [0.717, 1.165) is 23.4 Å². The molecule has 8 heteroatoms. The monoisotopic (exact) mass is 399 g/mol. The maximum Gasteiger partial charge on any atom is 0.271 e. The highest BCUT2D eigenvalue weighted by molar-refractivity contribution is 7.09. The number of ether oxygens (including phenoxy) is 2. The Kier molecular flexibility index (Phi) is 9.40. The Hall–Kier alpha value is -1.83. The number of unbranched alkanes of at least 4 members (excludes halogenated alkanes) is 1. The van der Waals surface area contributed by atoms with E-state index in [4.69, 9.17) is 15.2 Å². The molecule has 3 N–H and O–H groups in total. The predicted molar refractivity (Wildman–Crippen MR) is 107 cm³/mol. The number of halogens is 1. The number of amides is 1. The summed E-state index contributed by atoms with van der Waals surface area (Å²) in [7, 11) is 1.61. The first-order valence-electron chi connectivity index (χ1n) is 8.35. The zero-order chi connectivity index (χ0) is 18.2. The van der Waals surface area contributed by atoms with Crippen LogP contribution in [0.4, 0.5) is 0 Å². The second-order valence-corrected chi connectivity index (χ2v) is 6.58. The summed E-state index contributed by atoms with van der Waals surface area (Å²) in [6.45, 7) is 5.03. The summed E-state index contributed by atoms with van der Waals surface area (Å²) in [6, 6.07) is 5.51. The number of carbonyl (C=O) groups is 1. The third kappa shape index (κ3) is 5.86. The molecule has 0 aliphatic rings. The lowest BCUT2D eigenvalue weighted by Crippen LogP contribution is -2.27. The van der Waals surface area contributed by atoms with Gasteiger partial charge in [0.1, 0.15) is 10.7 Å². The molecule has 1 aromatic heterocycles. The van der Waals surface area contributed by atoms with E-state index in [9.17, 15) is 4.79 Å². The summed E-state index contributed by atoms with van der Waals surface area (Å²) < 4.78 is 11.1. The van der Waals surface area contributed by atoms with Crippen LogP contribution in [0.15, 0.2) is 23.6 Å². The summed E-state index contributed by atoms with van der Waals surface area (Å²) in [4.78, 5) is 16.5. The van der Waals surface area contributed by atoms with Crippen molar-refractivity contribution in [3.05, 3.63) is 39.8 Å². The molecule has 0 spiro atoms. The minimum absolute atomic E-state index is 0. The second kappa shape index (κ2) is 11.0. The number of methoxy groups -OCH3 is 1. The normalized spacial score (nSPS) is 11.4. The summed E-state index contributed by atoms with van der Waals surface area (Å²) in [6.07, 6.45) is 2.07. The van der Waals surface area contributed by atoms with Gasteiger partial charge in [-0.3, -0.25) is 4.79 Å². The third-order valence-electron chi connectivity index (χ3n) is 3.75. The Bertz CT molecular complexity index is 709. The van der Waals surface area contributed by atoms with E-state index in [1.807, 2.05) is 25.1 Å². The number of nitrogens with two attached hydrogens (primary N) is 1. The SMILES string of the molecule is CCCCOc1ccc(C(C)NC(=O)c2csc(CN)n2)cc1OC.Cl. The van der Waals surface area contributed by atoms with Crippen LogP contribution in [-0.2, 0) is 6.54 Å². The molecule has 0 aliphatic heterocycles. The zero-order valence-corrected chi connectivity index (χ0v) is 16.9. The van der Waals surface area contributed by atoms with Gasteiger partial charge in [0.05, 0.1) is 19.8 Å². The van der Waals surface area contributed by atoms with Crippen molar-refractivity contribution in [1.29, 1.82) is 0 Å². The summed E-state index contributed by atoms with van der Waals surface area (Å²) >= 11 is 1.38. The van der Waals surface area contributed by atoms with Gasteiger partial charge in [0.25, 0.3) is 5.91 Å². The van der Waals surface area contributed by atoms with E-state index in [2.05, 4.69) is 17.2 Å². The maximum atomic E-state index is 12.3. The number of hydrogen-bond acceptors (Lipinski definition) is 6. The minimum Gasteiger partial charge on any atom is -0.493 e. The van der Waals surface area contributed by atoms with Crippen molar-refractivity contribution in [2.45, 2.75) is 39.3 Å². The van der Waals surface area contributed by atoms with Gasteiger partial charge in [-0.1, -0.05) is 19.4 Å². The van der Waals surface area contributed by atoms with Gasteiger partial charge in [0.15, 0.2) is 11.5 Å². The first-order valence-corrected chi connectivity index (χ1v) is 9.23. The molecule has 26 heavy (non-hydrogen) atoms. The second-order valence-electron chi connectivity index (χ2n) is 5.64. The van der Waals surface area contributed by atoms with Gasteiger partial charge in [0, 0.05) is 11.9 Å². The zero-order valence-electron chi connectivity index (χ0n) is 15.3. The van der Waals surface area contributed by atoms with Crippen LogP contribution >= 0.6 is 23.7 Å². The Balaban J connectivity index is 0.00000338. The molecule has 144 valence electrons. The van der Waals surface area contributed by atoms with Gasteiger partial charge in [-0.2, -0.15) is 0 Å². The number of hydrogen-bond donors (Lipinski definition) is 2.